The molecule has 0 bridgehead atoms. The van der Waals surface area contributed by atoms with Crippen LogP contribution in [0.5, 0.6) is 0 Å². The first-order chi connectivity index (χ1) is 6.12. The molecule has 8 nitrogen and oxygen atoms in total. The van der Waals surface area contributed by atoms with E-state index in [1.807, 2.05) is 0 Å². The van der Waals surface area contributed by atoms with Crippen molar-refractivity contribution in [2.75, 3.05) is 24.7 Å². The van der Waals surface area contributed by atoms with E-state index in [0.29, 0.717) is 0 Å². The summed E-state index contributed by atoms with van der Waals surface area (Å²) in [4.78, 5) is 0. The molecule has 0 unspecified atom stereocenters. The van der Waals surface area contributed by atoms with Gasteiger partial charge in [0.15, 0.2) is 0 Å². The number of rotatable bonds is 4. The second-order valence-electron chi connectivity index (χ2n) is 1.97. The zero-order valence-corrected chi connectivity index (χ0v) is 10.7. The predicted octanol–water partition coefficient (Wildman–Crippen LogP) is -3.33. The Balaban J connectivity index is -0.000000180. The molecule has 0 radical (unpaired) electrons. The van der Waals surface area contributed by atoms with Crippen molar-refractivity contribution in [2.45, 2.75) is 0 Å². The van der Waals surface area contributed by atoms with Crippen LogP contribution >= 0.6 is 0 Å². The summed E-state index contributed by atoms with van der Waals surface area (Å²) in [5.41, 5.74) is 0. The van der Waals surface area contributed by atoms with Crippen LogP contribution in [0.25, 0.3) is 0 Å². The average molecular weight is 275 g/mol. The molecule has 11 heteroatoms. The standard InChI is InChI=1S/2C2H6O4S.Mg/c2*3-1-2-7(4,5)6;/h2*3H,1-2H2,(H,4,5,6);/q;;+2/p-2. The molecule has 0 aromatic rings. The summed E-state index contributed by atoms with van der Waals surface area (Å²) in [5, 5.41) is 15.6. The van der Waals surface area contributed by atoms with Gasteiger partial charge in [0.05, 0.1) is 45.0 Å². The van der Waals surface area contributed by atoms with Crippen LogP contribution in [0.15, 0.2) is 0 Å². The van der Waals surface area contributed by atoms with Crippen molar-refractivity contribution in [3.8, 4) is 0 Å². The Morgan fingerprint density at radius 3 is 1.00 bits per heavy atom. The van der Waals surface area contributed by atoms with Crippen molar-refractivity contribution in [3.63, 3.8) is 0 Å². The molecule has 15 heavy (non-hydrogen) atoms. The third-order valence-corrected chi connectivity index (χ3v) is 2.05. The Morgan fingerprint density at radius 2 is 1.00 bits per heavy atom. The Bertz CT molecular complexity index is 285. The first-order valence-electron chi connectivity index (χ1n) is 3.21. The van der Waals surface area contributed by atoms with Gasteiger partial charge in [-0.1, -0.05) is 0 Å². The maximum atomic E-state index is 9.52. The molecule has 0 spiro atoms. The number of aliphatic hydroxyl groups is 2. The van der Waals surface area contributed by atoms with Gasteiger partial charge in [0, 0.05) is 0 Å². The molecule has 0 aliphatic heterocycles. The Kier molecular flexibility index (Phi) is 13.5. The quantitative estimate of drug-likeness (QED) is 0.398. The number of hydrogen-bond acceptors (Lipinski definition) is 8. The Morgan fingerprint density at radius 1 is 0.800 bits per heavy atom. The molecule has 0 saturated carbocycles. The van der Waals surface area contributed by atoms with Gasteiger partial charge in [0.25, 0.3) is 0 Å². The van der Waals surface area contributed by atoms with E-state index in [1.165, 1.54) is 0 Å². The van der Waals surface area contributed by atoms with Gasteiger partial charge < -0.3 is 19.3 Å². The smallest absolute Gasteiger partial charge is 0.748 e. The molecule has 0 aliphatic carbocycles. The van der Waals surface area contributed by atoms with Gasteiger partial charge in [-0.3, -0.25) is 0 Å². The third-order valence-electron chi connectivity index (χ3n) is 0.683. The monoisotopic (exact) mass is 274 g/mol. The molecule has 0 saturated heterocycles. The van der Waals surface area contributed by atoms with E-state index in [4.69, 9.17) is 10.2 Å². The van der Waals surface area contributed by atoms with Gasteiger partial charge in [-0.05, 0) is 0 Å². The van der Waals surface area contributed by atoms with Crippen LogP contribution < -0.4 is 0 Å². The third kappa shape index (κ3) is 31.4. The molecule has 2 N–H and O–H groups in total. The molecular weight excluding hydrogens is 264 g/mol. The topological polar surface area (TPSA) is 155 Å². The van der Waals surface area contributed by atoms with E-state index in [-0.39, 0.29) is 23.1 Å². The van der Waals surface area contributed by atoms with Crippen LogP contribution in [0, 0.1) is 0 Å². The second kappa shape index (κ2) is 9.71. The maximum Gasteiger partial charge on any atom is 2.00 e. The van der Waals surface area contributed by atoms with Gasteiger partial charge in [0.1, 0.15) is 0 Å². The van der Waals surface area contributed by atoms with Gasteiger partial charge >= 0.3 is 23.1 Å². The average Bonchev–Trinajstić information content (AvgIpc) is 1.81. The molecule has 0 fully saturated rings. The first kappa shape index (κ1) is 20.9. The van der Waals surface area contributed by atoms with Crippen LogP contribution in [-0.4, -0.2) is 83.9 Å². The fraction of sp³-hybridized carbons (Fsp3) is 1.00. The van der Waals surface area contributed by atoms with E-state index in [9.17, 15) is 25.9 Å². The van der Waals surface area contributed by atoms with E-state index >= 15 is 0 Å². The van der Waals surface area contributed by atoms with E-state index in [1.54, 1.807) is 0 Å². The zero-order valence-electron chi connectivity index (χ0n) is 7.70. The van der Waals surface area contributed by atoms with Crippen LogP contribution in [0.2, 0.25) is 0 Å². The van der Waals surface area contributed by atoms with Crippen molar-refractivity contribution in [2.24, 2.45) is 0 Å². The molecule has 0 amide bonds. The molecule has 0 aromatic heterocycles. The minimum Gasteiger partial charge on any atom is -0.748 e. The summed E-state index contributed by atoms with van der Waals surface area (Å²) in [6, 6.07) is 0. The second-order valence-corrected chi connectivity index (χ2v) is 5.02. The normalized spacial score (nSPS) is 10.9. The SMILES string of the molecule is O=S(=O)([O-])CCO.O=S(=O)([O-])CCO.[Mg+2]. The molecular formula is C4H10MgO8S2. The number of aliphatic hydroxyl groups excluding tert-OH is 2. The minimum absolute atomic E-state index is 0. The molecule has 88 valence electrons. The molecule has 0 heterocycles. The van der Waals surface area contributed by atoms with E-state index < -0.39 is 45.0 Å². The van der Waals surface area contributed by atoms with Gasteiger partial charge in [0.2, 0.25) is 0 Å². The van der Waals surface area contributed by atoms with Crippen LogP contribution in [0.4, 0.5) is 0 Å². The Hall–Kier alpha value is 0.506. The predicted molar refractivity (Wildman–Crippen MR) is 49.1 cm³/mol. The van der Waals surface area contributed by atoms with Gasteiger partial charge in [-0.15, -0.1) is 0 Å². The molecule has 0 rings (SSSR count). The summed E-state index contributed by atoms with van der Waals surface area (Å²) in [6.07, 6.45) is 0. The summed E-state index contributed by atoms with van der Waals surface area (Å²) in [7, 11) is -8.35. The largest absolute Gasteiger partial charge is 2.00 e. The van der Waals surface area contributed by atoms with Crippen molar-refractivity contribution in [1.82, 2.24) is 0 Å². The van der Waals surface area contributed by atoms with E-state index in [2.05, 4.69) is 0 Å². The fourth-order valence-corrected chi connectivity index (χ4v) is 0.671. The summed E-state index contributed by atoms with van der Waals surface area (Å²) in [5.74, 6) is -1.38. The maximum absolute atomic E-state index is 9.52. The number of hydrogen-bond donors (Lipinski definition) is 2. The van der Waals surface area contributed by atoms with Crippen LogP contribution in [0.3, 0.4) is 0 Å². The van der Waals surface area contributed by atoms with Gasteiger partial charge in [-0.25, -0.2) is 16.8 Å². The van der Waals surface area contributed by atoms with Crippen molar-refractivity contribution >= 4 is 43.3 Å². The molecule has 0 atom stereocenters. The van der Waals surface area contributed by atoms with Crippen LogP contribution in [-0.2, 0) is 20.2 Å². The van der Waals surface area contributed by atoms with Gasteiger partial charge in [-0.2, -0.15) is 0 Å². The van der Waals surface area contributed by atoms with Crippen molar-refractivity contribution < 1.29 is 36.2 Å². The summed E-state index contributed by atoms with van der Waals surface area (Å²) < 4.78 is 57.1. The molecule has 0 aromatic carbocycles. The summed E-state index contributed by atoms with van der Waals surface area (Å²) in [6.45, 7) is -1.18. The first-order valence-corrected chi connectivity index (χ1v) is 6.36. The fourth-order valence-electron chi connectivity index (χ4n) is 0.224. The Labute approximate surface area is 104 Å². The van der Waals surface area contributed by atoms with E-state index in [0.717, 1.165) is 0 Å². The summed E-state index contributed by atoms with van der Waals surface area (Å²) >= 11 is 0. The van der Waals surface area contributed by atoms with Crippen molar-refractivity contribution in [1.29, 1.82) is 0 Å². The van der Waals surface area contributed by atoms with Crippen LogP contribution in [0.1, 0.15) is 0 Å². The molecule has 0 aliphatic rings. The zero-order chi connectivity index (χ0) is 11.8. The van der Waals surface area contributed by atoms with Crippen molar-refractivity contribution in [3.05, 3.63) is 0 Å². The minimum atomic E-state index is -4.17.